The number of phenols is 7. The molecule has 0 saturated heterocycles. The van der Waals surface area contributed by atoms with E-state index in [0.29, 0.717) is 17.9 Å². The van der Waals surface area contributed by atoms with E-state index in [-0.39, 0.29) is 44.7 Å². The van der Waals surface area contributed by atoms with Crippen LogP contribution in [0.4, 0.5) is 0 Å². The van der Waals surface area contributed by atoms with Crippen molar-refractivity contribution in [2.45, 2.75) is 143 Å². The molecule has 0 spiro atoms. The van der Waals surface area contributed by atoms with Crippen molar-refractivity contribution in [2.75, 3.05) is 0 Å². The average molecular weight is 729 g/mol. The SMILES string of the molecule is CC(C)(C)c1cc(CCCc2cc(O)c(O)c(O)c2)cc(C(C)(C)C)c1O.CC(C)(C)c1cc(CCCc2cc(O)cc(O)c2)cc(C(C)(C)C)c1O. The van der Waals surface area contributed by atoms with Gasteiger partial charge >= 0.3 is 0 Å². The maximum Gasteiger partial charge on any atom is 0.200 e. The number of aryl methyl sites for hydroxylation is 4. The van der Waals surface area contributed by atoms with E-state index < -0.39 is 5.75 Å². The minimum atomic E-state index is -0.484. The maximum absolute atomic E-state index is 10.8. The smallest absolute Gasteiger partial charge is 0.200 e. The summed E-state index contributed by atoms with van der Waals surface area (Å²) in [5.74, 6) is -0.121. The molecular weight excluding hydrogens is 664 g/mol. The molecule has 0 aromatic heterocycles. The first-order valence-electron chi connectivity index (χ1n) is 18.7. The number of hydrogen-bond acceptors (Lipinski definition) is 7. The van der Waals surface area contributed by atoms with Gasteiger partial charge in [0.25, 0.3) is 0 Å². The highest BCUT2D eigenvalue weighted by Gasteiger charge is 2.28. The number of phenolic OH excluding ortho intramolecular Hbond substituents is 7. The average Bonchev–Trinajstić information content (AvgIpc) is 2.98. The Bertz CT molecular complexity index is 1760. The molecule has 0 unspecified atom stereocenters. The largest absolute Gasteiger partial charge is 0.508 e. The van der Waals surface area contributed by atoms with Crippen LogP contribution in [0.1, 0.15) is 140 Å². The van der Waals surface area contributed by atoms with E-state index in [9.17, 15) is 35.7 Å². The summed E-state index contributed by atoms with van der Waals surface area (Å²) in [5.41, 5.74) is 7.36. The lowest BCUT2D eigenvalue weighted by atomic mass is 9.78. The van der Waals surface area contributed by atoms with E-state index in [2.05, 4.69) is 107 Å². The van der Waals surface area contributed by atoms with Gasteiger partial charge in [-0.25, -0.2) is 0 Å². The fourth-order valence-corrected chi connectivity index (χ4v) is 6.56. The van der Waals surface area contributed by atoms with Crippen LogP contribution in [-0.2, 0) is 47.3 Å². The minimum absolute atomic E-state index is 0.0923. The van der Waals surface area contributed by atoms with E-state index in [1.807, 2.05) is 0 Å². The molecule has 0 fully saturated rings. The monoisotopic (exact) mass is 728 g/mol. The zero-order chi connectivity index (χ0) is 40.3. The van der Waals surface area contributed by atoms with E-state index in [0.717, 1.165) is 71.0 Å². The summed E-state index contributed by atoms with van der Waals surface area (Å²) < 4.78 is 0. The molecule has 7 N–H and O–H groups in total. The lowest BCUT2D eigenvalue weighted by molar-refractivity contribution is 0.367. The van der Waals surface area contributed by atoms with Gasteiger partial charge in [-0.15, -0.1) is 0 Å². The Kier molecular flexibility index (Phi) is 13.1. The lowest BCUT2D eigenvalue weighted by Crippen LogP contribution is -2.18. The van der Waals surface area contributed by atoms with E-state index >= 15 is 0 Å². The minimum Gasteiger partial charge on any atom is -0.508 e. The van der Waals surface area contributed by atoms with Crippen molar-refractivity contribution in [1.82, 2.24) is 0 Å². The zero-order valence-electron chi connectivity index (χ0n) is 34.1. The molecule has 0 heterocycles. The van der Waals surface area contributed by atoms with Crippen LogP contribution in [0.25, 0.3) is 0 Å². The Morgan fingerprint density at radius 2 is 0.566 bits per heavy atom. The van der Waals surface area contributed by atoms with Crippen molar-refractivity contribution in [3.05, 3.63) is 99.1 Å². The molecule has 0 saturated carbocycles. The quantitative estimate of drug-likeness (QED) is 0.0895. The van der Waals surface area contributed by atoms with Crippen molar-refractivity contribution < 1.29 is 35.7 Å². The van der Waals surface area contributed by atoms with Gasteiger partial charge in [0.05, 0.1) is 0 Å². The second-order valence-corrected chi connectivity index (χ2v) is 18.6. The third-order valence-electron chi connectivity index (χ3n) is 9.53. The van der Waals surface area contributed by atoms with E-state index in [1.54, 1.807) is 12.1 Å². The van der Waals surface area contributed by atoms with Crippen molar-refractivity contribution in [1.29, 1.82) is 0 Å². The molecule has 0 radical (unpaired) electrons. The molecule has 0 aliphatic heterocycles. The molecule has 53 heavy (non-hydrogen) atoms. The predicted octanol–water partition coefficient (Wildman–Crippen LogP) is 10.9. The second kappa shape index (κ2) is 16.2. The van der Waals surface area contributed by atoms with Crippen LogP contribution in [0.3, 0.4) is 0 Å². The van der Waals surface area contributed by atoms with Crippen molar-refractivity contribution in [3.63, 3.8) is 0 Å². The van der Waals surface area contributed by atoms with Gasteiger partial charge in [-0.1, -0.05) is 107 Å². The van der Waals surface area contributed by atoms with Gasteiger partial charge in [0.15, 0.2) is 17.2 Å². The van der Waals surface area contributed by atoms with Crippen LogP contribution in [-0.4, -0.2) is 35.7 Å². The maximum atomic E-state index is 10.8. The lowest BCUT2D eigenvalue weighted by Gasteiger charge is -2.28. The Labute approximate surface area is 317 Å². The van der Waals surface area contributed by atoms with Gasteiger partial charge in [-0.2, -0.15) is 0 Å². The number of rotatable bonds is 8. The Hall–Kier alpha value is -4.52. The van der Waals surface area contributed by atoms with Crippen LogP contribution in [0.2, 0.25) is 0 Å². The molecule has 4 aromatic carbocycles. The molecule has 0 aliphatic rings. The highest BCUT2D eigenvalue weighted by Crippen LogP contribution is 2.42. The number of aromatic hydroxyl groups is 7. The molecule has 4 rings (SSSR count). The fraction of sp³-hybridized carbons (Fsp3) is 0.478. The van der Waals surface area contributed by atoms with Gasteiger partial charge in [-0.3, -0.25) is 0 Å². The van der Waals surface area contributed by atoms with Gasteiger partial charge in [0.1, 0.15) is 23.0 Å². The predicted molar refractivity (Wildman–Crippen MR) is 216 cm³/mol. The molecule has 0 bridgehead atoms. The van der Waals surface area contributed by atoms with E-state index in [4.69, 9.17) is 0 Å². The van der Waals surface area contributed by atoms with Crippen molar-refractivity contribution in [3.8, 4) is 40.2 Å². The summed E-state index contributed by atoms with van der Waals surface area (Å²) >= 11 is 0. The normalized spacial score (nSPS) is 12.4. The van der Waals surface area contributed by atoms with Crippen LogP contribution in [0, 0.1) is 0 Å². The Balaban J connectivity index is 0.000000286. The Morgan fingerprint density at radius 1 is 0.321 bits per heavy atom. The van der Waals surface area contributed by atoms with Crippen molar-refractivity contribution >= 4 is 0 Å². The molecule has 0 atom stereocenters. The zero-order valence-corrected chi connectivity index (χ0v) is 34.1. The van der Waals surface area contributed by atoms with Crippen LogP contribution >= 0.6 is 0 Å². The van der Waals surface area contributed by atoms with Gasteiger partial charge < -0.3 is 35.7 Å². The third-order valence-corrected chi connectivity index (χ3v) is 9.53. The molecular formula is C46H64O7. The summed E-state index contributed by atoms with van der Waals surface area (Å²) in [6.45, 7) is 25.3. The molecule has 0 amide bonds. The van der Waals surface area contributed by atoms with Gasteiger partial charge in [-0.05, 0) is 129 Å². The summed E-state index contributed by atoms with van der Waals surface area (Å²) in [6, 6.07) is 16.1. The summed E-state index contributed by atoms with van der Waals surface area (Å²) in [4.78, 5) is 0. The third kappa shape index (κ3) is 11.7. The first kappa shape index (κ1) is 42.9. The highest BCUT2D eigenvalue weighted by molar-refractivity contribution is 5.52. The topological polar surface area (TPSA) is 142 Å². The summed E-state index contributed by atoms with van der Waals surface area (Å²) in [5, 5.41) is 69.5. The summed E-state index contributed by atoms with van der Waals surface area (Å²) in [6.07, 6.45) is 4.86. The second-order valence-electron chi connectivity index (χ2n) is 18.6. The number of hydrogen-bond donors (Lipinski definition) is 7. The molecule has 290 valence electrons. The number of benzene rings is 4. The van der Waals surface area contributed by atoms with Crippen molar-refractivity contribution in [2.24, 2.45) is 0 Å². The Morgan fingerprint density at radius 3 is 0.830 bits per heavy atom. The standard InChI is InChI=1S/C23H32O4.C23H32O3/c1-22(2,3)16-10-14(11-17(20(16)26)23(4,5)6)8-7-9-15-12-18(24)21(27)19(25)13-15;1-22(2,3)19-12-16(13-20(21(19)26)23(4,5)6)9-7-8-15-10-17(24)14-18(25)11-15/h10-13,24-27H,7-9H2,1-6H3;10-14,24-26H,7-9H2,1-6H3. The van der Waals surface area contributed by atoms with Gasteiger partial charge in [0, 0.05) is 6.07 Å². The van der Waals surface area contributed by atoms with Crippen LogP contribution in [0.5, 0.6) is 40.2 Å². The molecule has 7 heteroatoms. The highest BCUT2D eigenvalue weighted by atomic mass is 16.3. The summed E-state index contributed by atoms with van der Waals surface area (Å²) in [7, 11) is 0. The van der Waals surface area contributed by atoms with Crippen LogP contribution in [0.15, 0.2) is 54.6 Å². The fourth-order valence-electron chi connectivity index (χ4n) is 6.56. The first-order valence-corrected chi connectivity index (χ1v) is 18.7. The van der Waals surface area contributed by atoms with Gasteiger partial charge in [0.2, 0.25) is 0 Å². The van der Waals surface area contributed by atoms with E-state index in [1.165, 1.54) is 23.8 Å². The molecule has 7 nitrogen and oxygen atoms in total. The first-order chi connectivity index (χ1) is 24.2. The molecule has 0 aliphatic carbocycles. The van der Waals surface area contributed by atoms with Crippen LogP contribution < -0.4 is 0 Å². The molecule has 4 aromatic rings.